The highest BCUT2D eigenvalue weighted by Crippen LogP contribution is 2.25. The van der Waals surface area contributed by atoms with Gasteiger partial charge in [-0.05, 0) is 58.7 Å². The topological polar surface area (TPSA) is 62.7 Å². The summed E-state index contributed by atoms with van der Waals surface area (Å²) in [5.41, 5.74) is 6.25. The number of anilines is 2. The first kappa shape index (κ1) is 25.4. The summed E-state index contributed by atoms with van der Waals surface area (Å²) in [7, 11) is 5.37. The quantitative estimate of drug-likeness (QED) is 0.229. The summed E-state index contributed by atoms with van der Waals surface area (Å²) < 4.78 is 4.67. The Morgan fingerprint density at radius 3 is 2.11 bits per heavy atom. The van der Waals surface area contributed by atoms with Crippen molar-refractivity contribution in [1.82, 2.24) is 4.98 Å². The van der Waals surface area contributed by atoms with E-state index < -0.39 is 5.97 Å². The number of hydrogen-bond donors (Lipinski definition) is 0. The first-order valence-corrected chi connectivity index (χ1v) is 11.9. The van der Waals surface area contributed by atoms with Gasteiger partial charge in [0.25, 0.3) is 5.91 Å². The molecule has 186 valence electrons. The van der Waals surface area contributed by atoms with Gasteiger partial charge in [0.15, 0.2) is 0 Å². The molecule has 0 fully saturated rings. The zero-order chi connectivity index (χ0) is 26.2. The number of esters is 1. The minimum absolute atomic E-state index is 0.139. The van der Waals surface area contributed by atoms with E-state index in [-0.39, 0.29) is 5.91 Å². The number of nitrogens with zero attached hydrogens (tertiary/aromatic N) is 3. The zero-order valence-corrected chi connectivity index (χ0v) is 21.2. The Kier molecular flexibility index (Phi) is 8.11. The van der Waals surface area contributed by atoms with Gasteiger partial charge >= 0.3 is 5.97 Å². The Morgan fingerprint density at radius 2 is 1.49 bits per heavy atom. The van der Waals surface area contributed by atoms with Gasteiger partial charge in [0.1, 0.15) is 0 Å². The molecule has 6 nitrogen and oxygen atoms in total. The number of rotatable bonds is 8. The normalized spacial score (nSPS) is 10.8. The van der Waals surface area contributed by atoms with Crippen LogP contribution in [0.25, 0.3) is 17.2 Å². The van der Waals surface area contributed by atoms with Crippen LogP contribution in [0.3, 0.4) is 0 Å². The van der Waals surface area contributed by atoms with Crippen molar-refractivity contribution >= 4 is 29.3 Å². The molecule has 0 saturated carbocycles. The molecule has 3 aromatic carbocycles. The summed E-state index contributed by atoms with van der Waals surface area (Å²) in [5.74, 6) is -0.598. The largest absolute Gasteiger partial charge is 0.466 e. The molecule has 0 aliphatic rings. The van der Waals surface area contributed by atoms with Crippen LogP contribution in [0.15, 0.2) is 103 Å². The van der Waals surface area contributed by atoms with Crippen LogP contribution in [0.4, 0.5) is 11.4 Å². The summed E-state index contributed by atoms with van der Waals surface area (Å²) in [6, 6.07) is 27.6. The molecule has 0 radical (unpaired) electrons. The fraction of sp³-hybridized carbons (Fsp3) is 0.129. The fourth-order valence-corrected chi connectivity index (χ4v) is 3.87. The van der Waals surface area contributed by atoms with E-state index in [1.807, 2.05) is 50.5 Å². The number of amides is 1. The van der Waals surface area contributed by atoms with E-state index in [1.54, 1.807) is 35.5 Å². The van der Waals surface area contributed by atoms with Crippen molar-refractivity contribution in [2.24, 2.45) is 0 Å². The van der Waals surface area contributed by atoms with Crippen LogP contribution in [-0.4, -0.2) is 38.1 Å². The summed E-state index contributed by atoms with van der Waals surface area (Å²) in [4.78, 5) is 33.1. The number of methoxy groups -OCH3 is 1. The lowest BCUT2D eigenvalue weighted by Gasteiger charge is -2.23. The number of hydrogen-bond acceptors (Lipinski definition) is 5. The van der Waals surface area contributed by atoms with E-state index in [9.17, 15) is 9.59 Å². The van der Waals surface area contributed by atoms with Crippen LogP contribution in [-0.2, 0) is 16.1 Å². The second-order valence-corrected chi connectivity index (χ2v) is 8.73. The molecule has 1 amide bonds. The average Bonchev–Trinajstić information content (AvgIpc) is 2.95. The van der Waals surface area contributed by atoms with Gasteiger partial charge in [-0.1, -0.05) is 54.6 Å². The second kappa shape index (κ2) is 11.8. The van der Waals surface area contributed by atoms with Gasteiger partial charge in [0, 0.05) is 37.6 Å². The minimum Gasteiger partial charge on any atom is -0.466 e. The highest BCUT2D eigenvalue weighted by molar-refractivity contribution is 6.06. The number of carbonyl (C=O) groups excluding carboxylic acids is 2. The molecule has 1 aromatic heterocycles. The maximum absolute atomic E-state index is 13.6. The number of carbonyl (C=O) groups is 2. The van der Waals surface area contributed by atoms with Crippen LogP contribution in [0.5, 0.6) is 0 Å². The van der Waals surface area contributed by atoms with Crippen molar-refractivity contribution in [3.05, 3.63) is 120 Å². The van der Waals surface area contributed by atoms with Gasteiger partial charge in [0.05, 0.1) is 25.5 Å². The Morgan fingerprint density at radius 1 is 0.838 bits per heavy atom. The maximum Gasteiger partial charge on any atom is 0.330 e. The van der Waals surface area contributed by atoms with Gasteiger partial charge in [-0.15, -0.1) is 0 Å². The molecule has 4 rings (SSSR count). The van der Waals surface area contributed by atoms with Crippen LogP contribution in [0.2, 0.25) is 0 Å². The average molecular weight is 492 g/mol. The molecule has 0 aliphatic carbocycles. The molecule has 0 saturated heterocycles. The first-order valence-electron chi connectivity index (χ1n) is 11.9. The minimum atomic E-state index is -0.459. The Bertz CT molecular complexity index is 1380. The van der Waals surface area contributed by atoms with Crippen molar-refractivity contribution in [2.75, 3.05) is 31.0 Å². The predicted octanol–water partition coefficient (Wildman–Crippen LogP) is 5.85. The highest BCUT2D eigenvalue weighted by atomic mass is 16.5. The number of pyridine rings is 1. The molecule has 0 atom stereocenters. The van der Waals surface area contributed by atoms with Crippen LogP contribution in [0.1, 0.15) is 21.5 Å². The lowest BCUT2D eigenvalue weighted by atomic mass is 10.0. The predicted molar refractivity (Wildman–Crippen MR) is 148 cm³/mol. The summed E-state index contributed by atoms with van der Waals surface area (Å²) in [5, 5.41) is 0. The number of benzene rings is 3. The molecule has 0 unspecified atom stereocenters. The van der Waals surface area contributed by atoms with E-state index in [4.69, 9.17) is 0 Å². The second-order valence-electron chi connectivity index (χ2n) is 8.73. The molecule has 0 bridgehead atoms. The molecule has 4 aromatic rings. The van der Waals surface area contributed by atoms with Crippen molar-refractivity contribution in [1.29, 1.82) is 0 Å². The zero-order valence-electron chi connectivity index (χ0n) is 21.2. The Balaban J connectivity index is 1.62. The summed E-state index contributed by atoms with van der Waals surface area (Å²) >= 11 is 0. The van der Waals surface area contributed by atoms with Crippen LogP contribution >= 0.6 is 0 Å². The number of ether oxygens (including phenoxy) is 1. The summed E-state index contributed by atoms with van der Waals surface area (Å²) in [6.45, 7) is 0.361. The van der Waals surface area contributed by atoms with E-state index >= 15 is 0 Å². The van der Waals surface area contributed by atoms with E-state index in [0.717, 1.165) is 22.4 Å². The van der Waals surface area contributed by atoms with Gasteiger partial charge < -0.3 is 14.5 Å². The molecule has 0 N–H and O–H groups in total. The van der Waals surface area contributed by atoms with Crippen molar-refractivity contribution in [3.8, 4) is 11.1 Å². The molecular formula is C31H29N3O3. The molecule has 6 heteroatoms. The molecular weight excluding hydrogens is 462 g/mol. The van der Waals surface area contributed by atoms with Crippen molar-refractivity contribution in [3.63, 3.8) is 0 Å². The third-order valence-corrected chi connectivity index (χ3v) is 5.95. The monoisotopic (exact) mass is 491 g/mol. The van der Waals surface area contributed by atoms with Gasteiger partial charge in [-0.25, -0.2) is 4.79 Å². The third kappa shape index (κ3) is 6.49. The molecule has 0 aliphatic heterocycles. The fourth-order valence-electron chi connectivity index (χ4n) is 3.87. The molecule has 37 heavy (non-hydrogen) atoms. The van der Waals surface area contributed by atoms with Gasteiger partial charge in [0.2, 0.25) is 0 Å². The standard InChI is InChI=1S/C31H29N3O3/c1-33(2)28-16-14-26(15-17-28)25-12-9-23(10-13-25)22-34(31(36)27-7-5-4-6-8-27)29-19-24(20-32-21-29)11-18-30(35)37-3/h4-21H,22H2,1-3H3. The van der Waals surface area contributed by atoms with E-state index in [1.165, 1.54) is 13.2 Å². The first-order chi connectivity index (χ1) is 17.9. The SMILES string of the molecule is COC(=O)C=Cc1cncc(N(Cc2ccc(-c3ccc(N(C)C)cc3)cc2)C(=O)c2ccccc2)c1. The smallest absolute Gasteiger partial charge is 0.330 e. The maximum atomic E-state index is 13.6. The van der Waals surface area contributed by atoms with Gasteiger partial charge in [-0.3, -0.25) is 9.78 Å². The van der Waals surface area contributed by atoms with Crippen molar-refractivity contribution < 1.29 is 14.3 Å². The molecule has 0 spiro atoms. The van der Waals surface area contributed by atoms with Crippen LogP contribution in [0, 0.1) is 0 Å². The van der Waals surface area contributed by atoms with E-state index in [0.29, 0.717) is 23.4 Å². The number of aromatic nitrogens is 1. The lowest BCUT2D eigenvalue weighted by molar-refractivity contribution is -0.134. The Hall–Kier alpha value is -4.71. The highest BCUT2D eigenvalue weighted by Gasteiger charge is 2.19. The lowest BCUT2D eigenvalue weighted by Crippen LogP contribution is -2.30. The summed E-state index contributed by atoms with van der Waals surface area (Å²) in [6.07, 6.45) is 6.22. The van der Waals surface area contributed by atoms with Crippen molar-refractivity contribution in [2.45, 2.75) is 6.54 Å². The van der Waals surface area contributed by atoms with E-state index in [2.05, 4.69) is 51.0 Å². The van der Waals surface area contributed by atoms with Crippen LogP contribution < -0.4 is 9.80 Å². The Labute approximate surface area is 217 Å². The van der Waals surface area contributed by atoms with Gasteiger partial charge in [-0.2, -0.15) is 0 Å². The third-order valence-electron chi connectivity index (χ3n) is 5.95. The molecule has 1 heterocycles.